The molecule has 0 aliphatic heterocycles. The SMILES string of the molecule is CC(=O)SCC[n+]1ccccc1CC(O)(P(=O)(O)O)S(=O)(=O)O.[Br-]. The predicted molar refractivity (Wildman–Crippen MR) is 82.0 cm³/mol. The molecule has 0 amide bonds. The van der Waals surface area contributed by atoms with Gasteiger partial charge in [0.25, 0.3) is 0 Å². The van der Waals surface area contributed by atoms with Crippen molar-refractivity contribution in [2.75, 3.05) is 5.75 Å². The van der Waals surface area contributed by atoms with Gasteiger partial charge in [0.15, 0.2) is 23.6 Å². The molecule has 0 aromatic carbocycles. The van der Waals surface area contributed by atoms with Crippen LogP contribution in [-0.2, 0) is 32.4 Å². The van der Waals surface area contributed by atoms with Crippen LogP contribution in [0.25, 0.3) is 0 Å². The van der Waals surface area contributed by atoms with Gasteiger partial charge < -0.3 is 31.9 Å². The molecule has 13 heteroatoms. The first kappa shape index (κ1) is 23.7. The molecular weight excluding hydrogens is 449 g/mol. The topological polar surface area (TPSA) is 153 Å². The molecule has 1 heterocycles. The number of hydrogen-bond acceptors (Lipinski definition) is 6. The molecule has 1 aromatic rings. The number of nitrogens with zero attached hydrogens (tertiary/aromatic N) is 1. The number of rotatable bonds is 7. The van der Waals surface area contributed by atoms with E-state index in [4.69, 9.17) is 14.3 Å². The summed E-state index contributed by atoms with van der Waals surface area (Å²) >= 11 is 1.02. The van der Waals surface area contributed by atoms with E-state index in [1.165, 1.54) is 29.8 Å². The highest BCUT2D eigenvalue weighted by Gasteiger charge is 2.58. The Labute approximate surface area is 153 Å². The maximum Gasteiger partial charge on any atom is 0.375 e. The van der Waals surface area contributed by atoms with E-state index in [-0.39, 0.29) is 34.3 Å². The van der Waals surface area contributed by atoms with Crippen molar-refractivity contribution in [2.45, 2.75) is 24.6 Å². The number of aromatic nitrogens is 1. The molecule has 0 radical (unpaired) electrons. The van der Waals surface area contributed by atoms with Gasteiger partial charge in [-0.05, 0) is 0 Å². The average molecular weight is 466 g/mol. The second kappa shape index (κ2) is 8.86. The molecule has 1 aromatic heterocycles. The summed E-state index contributed by atoms with van der Waals surface area (Å²) in [5, 5.41) is 9.78. The third kappa shape index (κ3) is 5.88. The Bertz CT molecular complexity index is 737. The lowest BCUT2D eigenvalue weighted by atomic mass is 10.2. The van der Waals surface area contributed by atoms with E-state index in [2.05, 4.69) is 0 Å². The van der Waals surface area contributed by atoms with Gasteiger partial charge in [-0.3, -0.25) is 13.9 Å². The molecular formula is C11H17BrNO8PS2. The zero-order chi connectivity index (χ0) is 17.9. The van der Waals surface area contributed by atoms with Crippen molar-refractivity contribution in [3.8, 4) is 0 Å². The Kier molecular flexibility index (Phi) is 8.73. The summed E-state index contributed by atoms with van der Waals surface area (Å²) < 4.78 is 40.8. The normalized spacial score (nSPS) is 14.5. The highest BCUT2D eigenvalue weighted by molar-refractivity contribution is 8.13. The van der Waals surface area contributed by atoms with E-state index in [1.807, 2.05) is 0 Å². The smallest absolute Gasteiger partial charge is 0.375 e. The summed E-state index contributed by atoms with van der Waals surface area (Å²) in [6, 6.07) is 4.42. The standard InChI is InChI=1S/C11H16NO8PS2.BrH/c1-9(13)22-7-6-12-5-3-2-4-10(12)8-11(14,21(15,16)17)23(18,19)20;/h2-5,14H,6-8H2,1H3,(H2-,15,16,17,18,19,20);1H. The third-order valence-electron chi connectivity index (χ3n) is 2.95. The number of carbonyl (C=O) groups is 1. The van der Waals surface area contributed by atoms with Crippen LogP contribution in [0.5, 0.6) is 0 Å². The van der Waals surface area contributed by atoms with Gasteiger partial charge in [0.05, 0.1) is 12.2 Å². The van der Waals surface area contributed by atoms with Crippen LogP contribution in [-0.4, -0.2) is 43.4 Å². The molecule has 0 bridgehead atoms. The van der Waals surface area contributed by atoms with Crippen LogP contribution < -0.4 is 21.5 Å². The average Bonchev–Trinajstić information content (AvgIpc) is 2.37. The van der Waals surface area contributed by atoms with Crippen molar-refractivity contribution in [2.24, 2.45) is 0 Å². The lowest BCUT2D eigenvalue weighted by Gasteiger charge is -2.24. The number of pyridine rings is 1. The maximum absolute atomic E-state index is 11.4. The molecule has 0 saturated carbocycles. The molecule has 1 rings (SSSR count). The van der Waals surface area contributed by atoms with Crippen LogP contribution in [0.15, 0.2) is 24.4 Å². The minimum absolute atomic E-state index is 0. The second-order valence-corrected chi connectivity index (χ2v) is 9.69. The second-order valence-electron chi connectivity index (χ2n) is 4.66. The van der Waals surface area contributed by atoms with E-state index in [0.717, 1.165) is 11.8 Å². The molecule has 9 nitrogen and oxygen atoms in total. The fourth-order valence-electron chi connectivity index (χ4n) is 1.76. The first-order valence-corrected chi connectivity index (χ1v) is 10.3. The van der Waals surface area contributed by atoms with E-state index in [0.29, 0.717) is 5.75 Å². The van der Waals surface area contributed by atoms with Crippen LogP contribution in [0.4, 0.5) is 0 Å². The van der Waals surface area contributed by atoms with Crippen molar-refractivity contribution in [3.05, 3.63) is 30.1 Å². The van der Waals surface area contributed by atoms with Crippen molar-refractivity contribution < 1.29 is 58.8 Å². The monoisotopic (exact) mass is 465 g/mol. The van der Waals surface area contributed by atoms with Crippen LogP contribution in [0.2, 0.25) is 0 Å². The molecule has 138 valence electrons. The van der Waals surface area contributed by atoms with Crippen molar-refractivity contribution >= 4 is 34.6 Å². The number of aryl methyl sites for hydroxylation is 1. The summed E-state index contributed by atoms with van der Waals surface area (Å²) in [7, 11) is -11.0. The molecule has 0 aliphatic rings. The van der Waals surface area contributed by atoms with Crippen LogP contribution in [0, 0.1) is 0 Å². The van der Waals surface area contributed by atoms with E-state index >= 15 is 0 Å². The fraction of sp³-hybridized carbons (Fsp3) is 0.455. The Morgan fingerprint density at radius 3 is 2.42 bits per heavy atom. The van der Waals surface area contributed by atoms with Gasteiger partial charge in [-0.1, -0.05) is 17.8 Å². The van der Waals surface area contributed by atoms with Crippen molar-refractivity contribution in [1.29, 1.82) is 0 Å². The zero-order valence-corrected chi connectivity index (χ0v) is 16.6. The number of carbonyl (C=O) groups excluding carboxylic acids is 1. The Morgan fingerprint density at radius 1 is 1.38 bits per heavy atom. The molecule has 0 fully saturated rings. The molecule has 1 atom stereocenters. The Hall–Kier alpha value is -0.330. The van der Waals surface area contributed by atoms with Gasteiger partial charge in [-0.2, -0.15) is 8.42 Å². The van der Waals surface area contributed by atoms with Crippen LogP contribution >= 0.6 is 19.4 Å². The molecule has 24 heavy (non-hydrogen) atoms. The summed E-state index contributed by atoms with van der Waals surface area (Å²) in [5.41, 5.74) is 0.0695. The third-order valence-corrected chi connectivity index (χ3v) is 7.19. The number of halogens is 1. The quantitative estimate of drug-likeness (QED) is 0.182. The van der Waals surface area contributed by atoms with Gasteiger partial charge in [-0.25, -0.2) is 4.57 Å². The van der Waals surface area contributed by atoms with Gasteiger partial charge >= 0.3 is 22.4 Å². The maximum atomic E-state index is 11.4. The van der Waals surface area contributed by atoms with Crippen molar-refractivity contribution in [1.82, 2.24) is 0 Å². The zero-order valence-electron chi connectivity index (χ0n) is 12.4. The lowest BCUT2D eigenvalue weighted by molar-refractivity contribution is -0.700. The highest BCUT2D eigenvalue weighted by Crippen LogP contribution is 2.53. The molecule has 4 N–H and O–H groups in total. The molecule has 0 aliphatic carbocycles. The van der Waals surface area contributed by atoms with Crippen LogP contribution in [0.3, 0.4) is 0 Å². The summed E-state index contributed by atoms with van der Waals surface area (Å²) in [6.45, 7) is 1.62. The first-order chi connectivity index (χ1) is 10.4. The number of hydrogen-bond donors (Lipinski definition) is 4. The highest BCUT2D eigenvalue weighted by atomic mass is 79.9. The summed E-state index contributed by atoms with van der Waals surface area (Å²) in [5.74, 6) is 0.344. The summed E-state index contributed by atoms with van der Waals surface area (Å²) in [6.07, 6.45) is 0.488. The largest absolute Gasteiger partial charge is 1.00 e. The first-order valence-electron chi connectivity index (χ1n) is 6.24. The van der Waals surface area contributed by atoms with Crippen LogP contribution in [0.1, 0.15) is 12.6 Å². The molecule has 0 saturated heterocycles. The van der Waals surface area contributed by atoms with Gasteiger partial charge in [0.1, 0.15) is 0 Å². The van der Waals surface area contributed by atoms with E-state index < -0.39 is 28.8 Å². The Balaban J connectivity index is 0.00000529. The Morgan fingerprint density at radius 2 is 1.96 bits per heavy atom. The minimum atomic E-state index is -5.59. The summed E-state index contributed by atoms with van der Waals surface area (Å²) in [4.78, 5) is 29.2. The van der Waals surface area contributed by atoms with E-state index in [1.54, 1.807) is 6.07 Å². The van der Waals surface area contributed by atoms with Crippen molar-refractivity contribution in [3.63, 3.8) is 0 Å². The molecule has 0 spiro atoms. The predicted octanol–water partition coefficient (Wildman–Crippen LogP) is -3.49. The van der Waals surface area contributed by atoms with E-state index in [9.17, 15) is 22.9 Å². The van der Waals surface area contributed by atoms with Gasteiger partial charge in [0.2, 0.25) is 0 Å². The van der Waals surface area contributed by atoms with Gasteiger partial charge in [0, 0.05) is 19.1 Å². The number of thioether (sulfide) groups is 1. The number of aliphatic hydroxyl groups is 1. The van der Waals surface area contributed by atoms with Gasteiger partial charge in [-0.15, -0.1) is 0 Å². The minimum Gasteiger partial charge on any atom is -1.00 e. The fourth-order valence-corrected chi connectivity index (χ4v) is 4.23. The molecule has 1 unspecified atom stereocenters. The lowest BCUT2D eigenvalue weighted by Crippen LogP contribution is -3.00.